The molecule has 2 amide bonds. The number of hydrogen-bond donors (Lipinski definition) is 5. The predicted octanol–water partition coefficient (Wildman–Crippen LogP) is -1.28. The number of carbonyl (C=O) groups excluding carboxylic acids is 2. The first-order chi connectivity index (χ1) is 14.8. The molecule has 13 nitrogen and oxygen atoms in total. The molecule has 0 spiro atoms. The topological polar surface area (TPSA) is 228 Å². The third kappa shape index (κ3) is 7.36. The summed E-state index contributed by atoms with van der Waals surface area (Å²) in [5.74, 6) is -0.218. The molecule has 0 bridgehead atoms. The smallest absolute Gasteiger partial charge is 0.538 e. The molecule has 1 aromatic rings. The Kier molecular flexibility index (Phi) is 9.46. The van der Waals surface area contributed by atoms with Gasteiger partial charge in [0.15, 0.2) is 17.8 Å². The lowest BCUT2D eigenvalue weighted by Crippen LogP contribution is -2.47. The Morgan fingerprint density at radius 3 is 2.74 bits per heavy atom. The van der Waals surface area contributed by atoms with Crippen LogP contribution in [0.15, 0.2) is 9.52 Å². The number of nitrogens with zero attached hydrogens (tertiary/aromatic N) is 4. The van der Waals surface area contributed by atoms with Gasteiger partial charge >= 0.3 is 12.0 Å². The minimum absolute atomic E-state index is 0.0158. The summed E-state index contributed by atoms with van der Waals surface area (Å²) in [6.07, 6.45) is 4.49. The SMILES string of the molecule is NCCCC[C@H](N)c1noc([C@H](CCCN=C(N)N)NC(=O)N2CCCC2C(=O)[OH2+])n1. The van der Waals surface area contributed by atoms with Crippen molar-refractivity contribution in [1.82, 2.24) is 20.4 Å². The second-order valence-corrected chi connectivity index (χ2v) is 7.55. The highest BCUT2D eigenvalue weighted by Gasteiger charge is 2.39. The predicted molar refractivity (Wildman–Crippen MR) is 114 cm³/mol. The third-order valence-corrected chi connectivity index (χ3v) is 5.12. The van der Waals surface area contributed by atoms with Gasteiger partial charge in [0.2, 0.25) is 5.89 Å². The number of urea groups is 1. The van der Waals surface area contributed by atoms with E-state index in [1.165, 1.54) is 4.90 Å². The monoisotopic (exact) mass is 440 g/mol. The maximum absolute atomic E-state index is 12.8. The van der Waals surface area contributed by atoms with Crippen molar-refractivity contribution >= 4 is 18.0 Å². The summed E-state index contributed by atoms with van der Waals surface area (Å²) in [6.45, 7) is 1.36. The zero-order chi connectivity index (χ0) is 22.8. The van der Waals surface area contributed by atoms with Crippen LogP contribution in [0.25, 0.3) is 0 Å². The number of hydrogen-bond acceptors (Lipinski definition) is 8. The lowest BCUT2D eigenvalue weighted by molar-refractivity contribution is -0.141. The first-order valence-corrected chi connectivity index (χ1v) is 10.5. The van der Waals surface area contributed by atoms with E-state index in [4.69, 9.17) is 32.6 Å². The second kappa shape index (κ2) is 12.1. The maximum Gasteiger partial charge on any atom is 0.538 e. The van der Waals surface area contributed by atoms with Gasteiger partial charge in [-0.25, -0.2) is 4.79 Å². The summed E-state index contributed by atoms with van der Waals surface area (Å²) in [4.78, 5) is 34.0. The lowest BCUT2D eigenvalue weighted by Gasteiger charge is -2.23. The number of carbonyl (C=O) groups is 2. The first-order valence-electron chi connectivity index (χ1n) is 10.5. The molecule has 174 valence electrons. The largest absolute Gasteiger partial charge is 0.563 e. The highest BCUT2D eigenvalue weighted by molar-refractivity contribution is 5.83. The molecule has 0 aromatic carbocycles. The normalized spacial score (nSPS) is 17.9. The van der Waals surface area contributed by atoms with Crippen LogP contribution in [0, 0.1) is 0 Å². The number of unbranched alkanes of at least 4 members (excludes halogenated alkanes) is 1. The van der Waals surface area contributed by atoms with Gasteiger partial charge in [-0.05, 0) is 45.1 Å². The van der Waals surface area contributed by atoms with Gasteiger partial charge in [-0.1, -0.05) is 11.6 Å². The van der Waals surface area contributed by atoms with Crippen LogP contribution in [0.3, 0.4) is 0 Å². The van der Waals surface area contributed by atoms with Crippen LogP contribution in [0.1, 0.15) is 68.7 Å². The molecule has 3 atom stereocenters. The third-order valence-electron chi connectivity index (χ3n) is 5.12. The molecule has 11 N–H and O–H groups in total. The number of nitrogens with one attached hydrogen (secondary N) is 1. The fraction of sp³-hybridized carbons (Fsp3) is 0.722. The van der Waals surface area contributed by atoms with Crippen LogP contribution in [-0.2, 0) is 4.79 Å². The van der Waals surface area contributed by atoms with Crippen LogP contribution >= 0.6 is 0 Å². The van der Waals surface area contributed by atoms with Crippen molar-refractivity contribution in [2.45, 2.75) is 63.1 Å². The second-order valence-electron chi connectivity index (χ2n) is 7.55. The van der Waals surface area contributed by atoms with E-state index in [9.17, 15) is 9.59 Å². The van der Waals surface area contributed by atoms with Crippen molar-refractivity contribution in [3.8, 4) is 0 Å². The maximum atomic E-state index is 12.8. The first kappa shape index (κ1) is 24.3. The fourth-order valence-electron chi connectivity index (χ4n) is 3.45. The Balaban J connectivity index is 2.08. The number of amides is 2. The minimum atomic E-state index is -0.777. The van der Waals surface area contributed by atoms with E-state index in [2.05, 4.69) is 20.4 Å². The van der Waals surface area contributed by atoms with Crippen molar-refractivity contribution in [3.63, 3.8) is 0 Å². The molecule has 1 aromatic heterocycles. The molecule has 1 saturated heterocycles. The van der Waals surface area contributed by atoms with Crippen molar-refractivity contribution < 1.29 is 19.2 Å². The van der Waals surface area contributed by atoms with E-state index in [0.29, 0.717) is 57.6 Å². The van der Waals surface area contributed by atoms with Gasteiger partial charge < -0.3 is 42.8 Å². The number of likely N-dealkylation sites (tertiary alicyclic amines) is 1. The number of guanidine groups is 1. The van der Waals surface area contributed by atoms with Crippen LogP contribution in [0.4, 0.5) is 4.79 Å². The number of rotatable bonds is 12. The van der Waals surface area contributed by atoms with Gasteiger partial charge in [0.05, 0.1) is 6.04 Å². The van der Waals surface area contributed by atoms with E-state index in [0.717, 1.165) is 12.8 Å². The fourth-order valence-corrected chi connectivity index (χ4v) is 3.45. The Bertz CT molecular complexity index is 750. The highest BCUT2D eigenvalue weighted by atomic mass is 16.5. The number of aliphatic imine (C=N–C) groups is 1. The van der Waals surface area contributed by atoms with E-state index in [1.807, 2.05) is 0 Å². The van der Waals surface area contributed by atoms with Gasteiger partial charge in [0.25, 0.3) is 0 Å². The van der Waals surface area contributed by atoms with Gasteiger partial charge in [-0.2, -0.15) is 4.98 Å². The van der Waals surface area contributed by atoms with Gasteiger partial charge in [0, 0.05) is 17.9 Å². The van der Waals surface area contributed by atoms with E-state index >= 15 is 0 Å². The Morgan fingerprint density at radius 2 is 2.06 bits per heavy atom. The van der Waals surface area contributed by atoms with Crippen molar-refractivity contribution in [2.24, 2.45) is 27.9 Å². The summed E-state index contributed by atoms with van der Waals surface area (Å²) in [7, 11) is 0. The lowest BCUT2D eigenvalue weighted by atomic mass is 10.1. The van der Waals surface area contributed by atoms with Gasteiger partial charge in [-0.15, -0.1) is 0 Å². The van der Waals surface area contributed by atoms with E-state index < -0.39 is 30.1 Å². The summed E-state index contributed by atoms with van der Waals surface area (Å²) in [5.41, 5.74) is 22.3. The van der Waals surface area contributed by atoms with Crippen LogP contribution < -0.4 is 28.3 Å². The molecule has 0 saturated carbocycles. The molecule has 1 fully saturated rings. The molecular formula is C18H34N9O4+. The zero-order valence-corrected chi connectivity index (χ0v) is 17.6. The number of nitrogens with two attached hydrogens (primary N) is 4. The van der Waals surface area contributed by atoms with Crippen LogP contribution in [-0.4, -0.2) is 63.8 Å². The van der Waals surface area contributed by atoms with Crippen molar-refractivity contribution in [2.75, 3.05) is 19.6 Å². The van der Waals surface area contributed by atoms with Crippen molar-refractivity contribution in [1.29, 1.82) is 0 Å². The van der Waals surface area contributed by atoms with Gasteiger partial charge in [-0.3, -0.25) is 4.99 Å². The molecule has 2 rings (SSSR count). The summed E-state index contributed by atoms with van der Waals surface area (Å²) < 4.78 is 5.38. The average molecular weight is 441 g/mol. The molecule has 13 heteroatoms. The van der Waals surface area contributed by atoms with Crippen LogP contribution in [0.5, 0.6) is 0 Å². The number of aromatic nitrogens is 2. The summed E-state index contributed by atoms with van der Waals surface area (Å²) >= 11 is 0. The average Bonchev–Trinajstić information content (AvgIpc) is 3.40. The highest BCUT2D eigenvalue weighted by Crippen LogP contribution is 2.23. The summed E-state index contributed by atoms with van der Waals surface area (Å²) in [6, 6.07) is -2.20. The Hall–Kier alpha value is -2.93. The molecule has 0 radical (unpaired) electrons. The standard InChI is InChI=1S/C18H33N9O4/c19-8-2-1-5-11(20)14-25-15(31-26-14)12(6-3-9-23-17(21)22)24-18(30)27-10-4-7-13(27)16(28)29/h11-13H,1-10,19-20H2,(H,24,30)(H,28,29)(H4,21,22,23)/p+1/t11-,12-,13?/m0/s1. The van der Waals surface area contributed by atoms with E-state index in [-0.39, 0.29) is 11.9 Å². The molecule has 1 unspecified atom stereocenters. The minimum Gasteiger partial charge on any atom is -0.563 e. The Labute approximate surface area is 180 Å². The quantitative estimate of drug-likeness (QED) is 0.113. The van der Waals surface area contributed by atoms with Crippen LogP contribution in [0.2, 0.25) is 0 Å². The zero-order valence-electron chi connectivity index (χ0n) is 17.6. The van der Waals surface area contributed by atoms with Gasteiger partial charge in [0.1, 0.15) is 6.04 Å². The summed E-state index contributed by atoms with van der Waals surface area (Å²) in [5, 5.41) is 14.2. The molecule has 2 heterocycles. The van der Waals surface area contributed by atoms with Crippen molar-refractivity contribution in [3.05, 3.63) is 11.7 Å². The molecule has 1 aliphatic heterocycles. The molecule has 1 aliphatic rings. The molecule has 31 heavy (non-hydrogen) atoms. The Morgan fingerprint density at radius 1 is 1.29 bits per heavy atom. The molecule has 0 aliphatic carbocycles. The van der Waals surface area contributed by atoms with E-state index in [1.54, 1.807) is 0 Å². The molecular weight excluding hydrogens is 406 g/mol.